The smallest absolute Gasteiger partial charge is 0.462 e. The van der Waals surface area contributed by atoms with E-state index in [-0.39, 0.29) is 23.6 Å². The van der Waals surface area contributed by atoms with Gasteiger partial charge in [0.15, 0.2) is 0 Å². The zero-order valence-electron chi connectivity index (χ0n) is 12.1. The first-order chi connectivity index (χ1) is 9.23. The molecule has 110 valence electrons. The number of esters is 1. The Morgan fingerprint density at radius 3 is 2.45 bits per heavy atom. The molecule has 0 saturated heterocycles. The normalized spacial score (nSPS) is 10.8. The maximum absolute atomic E-state index is 11.7. The van der Waals surface area contributed by atoms with Gasteiger partial charge in [0.25, 0.3) is 0 Å². The summed E-state index contributed by atoms with van der Waals surface area (Å²) in [5, 5.41) is 0. The third kappa shape index (κ3) is 4.79. The summed E-state index contributed by atoms with van der Waals surface area (Å²) in [5.41, 5.74) is 5.42. The van der Waals surface area contributed by atoms with Crippen LogP contribution in [-0.2, 0) is 9.47 Å². The van der Waals surface area contributed by atoms with Gasteiger partial charge >= 0.3 is 12.1 Å². The van der Waals surface area contributed by atoms with E-state index >= 15 is 0 Å². The Kier molecular flexibility index (Phi) is 4.96. The molecule has 2 N–H and O–H groups in total. The molecular formula is C14H19NO5. The molecule has 0 saturated carbocycles. The Balaban J connectivity index is 2.85. The van der Waals surface area contributed by atoms with Crippen LogP contribution in [0.2, 0.25) is 0 Å². The van der Waals surface area contributed by atoms with Crippen molar-refractivity contribution in [1.29, 1.82) is 0 Å². The van der Waals surface area contributed by atoms with Gasteiger partial charge in [-0.05, 0) is 45.9 Å². The lowest BCUT2D eigenvalue weighted by Crippen LogP contribution is -2.26. The Morgan fingerprint density at radius 1 is 1.25 bits per heavy atom. The number of nitrogen functional groups attached to an aromatic ring is 1. The van der Waals surface area contributed by atoms with Gasteiger partial charge in [-0.2, -0.15) is 0 Å². The molecule has 0 bridgehead atoms. The average Bonchev–Trinajstić information content (AvgIpc) is 2.29. The Labute approximate surface area is 117 Å². The van der Waals surface area contributed by atoms with Gasteiger partial charge in [-0.1, -0.05) is 0 Å². The molecule has 20 heavy (non-hydrogen) atoms. The summed E-state index contributed by atoms with van der Waals surface area (Å²) >= 11 is 0. The first-order valence-electron chi connectivity index (χ1n) is 6.20. The molecule has 0 radical (unpaired) electrons. The van der Waals surface area contributed by atoms with Crippen molar-refractivity contribution in [3.8, 4) is 5.75 Å². The third-order valence-corrected chi connectivity index (χ3v) is 2.11. The van der Waals surface area contributed by atoms with E-state index < -0.39 is 17.7 Å². The molecule has 0 atom stereocenters. The summed E-state index contributed by atoms with van der Waals surface area (Å²) in [6.07, 6.45) is -0.850. The Morgan fingerprint density at radius 2 is 1.90 bits per heavy atom. The number of ether oxygens (including phenoxy) is 3. The van der Waals surface area contributed by atoms with Crippen LogP contribution in [-0.4, -0.2) is 24.3 Å². The van der Waals surface area contributed by atoms with Crippen molar-refractivity contribution in [1.82, 2.24) is 0 Å². The summed E-state index contributed by atoms with van der Waals surface area (Å²) in [5.74, 6) is -0.406. The number of hydrogen-bond acceptors (Lipinski definition) is 6. The summed E-state index contributed by atoms with van der Waals surface area (Å²) in [7, 11) is 0. The quantitative estimate of drug-likeness (QED) is 0.520. The van der Waals surface area contributed by atoms with Crippen LogP contribution < -0.4 is 10.5 Å². The second kappa shape index (κ2) is 6.27. The van der Waals surface area contributed by atoms with E-state index in [4.69, 9.17) is 19.9 Å². The highest BCUT2D eigenvalue weighted by Gasteiger charge is 2.19. The van der Waals surface area contributed by atoms with Crippen LogP contribution in [0.5, 0.6) is 5.75 Å². The molecule has 0 spiro atoms. The lowest BCUT2D eigenvalue weighted by atomic mass is 10.2. The largest absolute Gasteiger partial charge is 0.514 e. The van der Waals surface area contributed by atoms with Gasteiger partial charge in [-0.15, -0.1) is 0 Å². The van der Waals surface area contributed by atoms with Crippen LogP contribution in [0, 0.1) is 0 Å². The highest BCUT2D eigenvalue weighted by atomic mass is 16.7. The van der Waals surface area contributed by atoms with Crippen LogP contribution in [0.1, 0.15) is 38.1 Å². The number of carbonyl (C=O) groups excluding carboxylic acids is 2. The van der Waals surface area contributed by atoms with E-state index in [1.54, 1.807) is 27.7 Å². The number of carbonyl (C=O) groups is 2. The van der Waals surface area contributed by atoms with Crippen LogP contribution >= 0.6 is 0 Å². The predicted octanol–water partition coefficient (Wildman–Crippen LogP) is 2.76. The van der Waals surface area contributed by atoms with Gasteiger partial charge in [0, 0.05) is 5.69 Å². The maximum atomic E-state index is 11.7. The minimum absolute atomic E-state index is 0.146. The second-order valence-corrected chi connectivity index (χ2v) is 5.04. The zero-order valence-corrected chi connectivity index (χ0v) is 12.1. The molecule has 1 rings (SSSR count). The van der Waals surface area contributed by atoms with E-state index in [1.807, 2.05) is 0 Å². The lowest BCUT2D eigenvalue weighted by Gasteiger charge is -2.18. The zero-order chi connectivity index (χ0) is 15.3. The number of rotatable bonds is 3. The second-order valence-electron chi connectivity index (χ2n) is 5.04. The molecule has 0 amide bonds. The average molecular weight is 281 g/mol. The molecule has 0 aliphatic heterocycles. The van der Waals surface area contributed by atoms with E-state index in [2.05, 4.69) is 0 Å². The van der Waals surface area contributed by atoms with Gasteiger partial charge in [0.1, 0.15) is 11.4 Å². The van der Waals surface area contributed by atoms with Crippen molar-refractivity contribution in [3.63, 3.8) is 0 Å². The number of nitrogens with two attached hydrogens (primary N) is 1. The predicted molar refractivity (Wildman–Crippen MR) is 73.7 cm³/mol. The molecule has 0 unspecified atom stereocenters. The van der Waals surface area contributed by atoms with E-state index in [9.17, 15) is 9.59 Å². The summed E-state index contributed by atoms with van der Waals surface area (Å²) in [4.78, 5) is 23.2. The molecule has 6 nitrogen and oxygen atoms in total. The third-order valence-electron chi connectivity index (χ3n) is 2.11. The molecular weight excluding hydrogens is 262 g/mol. The van der Waals surface area contributed by atoms with Gasteiger partial charge in [-0.3, -0.25) is 0 Å². The summed E-state index contributed by atoms with van der Waals surface area (Å²) in [6.45, 7) is 7.09. The standard InChI is InChI=1S/C14H19NO5/c1-5-18-12(16)10-8-9(6-7-11(10)15)19-13(17)20-14(2,3)4/h6-8H,5,15H2,1-4H3. The SMILES string of the molecule is CCOC(=O)c1cc(OC(=O)OC(C)(C)C)ccc1N. The maximum Gasteiger partial charge on any atom is 0.514 e. The minimum Gasteiger partial charge on any atom is -0.462 e. The Hall–Kier alpha value is -2.24. The van der Waals surface area contributed by atoms with E-state index in [0.717, 1.165) is 0 Å². The molecule has 6 heteroatoms. The molecule has 1 aromatic rings. The summed E-state index contributed by atoms with van der Waals surface area (Å²) in [6, 6.07) is 4.28. The molecule has 0 fully saturated rings. The van der Waals surface area contributed by atoms with Crippen LogP contribution in [0.25, 0.3) is 0 Å². The number of hydrogen-bond donors (Lipinski definition) is 1. The van der Waals surface area contributed by atoms with Crippen molar-refractivity contribution in [3.05, 3.63) is 23.8 Å². The van der Waals surface area contributed by atoms with Gasteiger partial charge in [0.05, 0.1) is 12.2 Å². The van der Waals surface area contributed by atoms with Gasteiger partial charge in [-0.25, -0.2) is 9.59 Å². The van der Waals surface area contributed by atoms with Gasteiger partial charge in [0.2, 0.25) is 0 Å². The molecule has 0 aromatic heterocycles. The first-order valence-corrected chi connectivity index (χ1v) is 6.20. The van der Waals surface area contributed by atoms with Gasteiger partial charge < -0.3 is 19.9 Å². The lowest BCUT2D eigenvalue weighted by molar-refractivity contribution is 0.0204. The number of benzene rings is 1. The fourth-order valence-electron chi connectivity index (χ4n) is 1.35. The number of anilines is 1. The molecule has 0 aliphatic carbocycles. The van der Waals surface area contributed by atoms with Crippen LogP contribution in [0.3, 0.4) is 0 Å². The Bertz CT molecular complexity index is 505. The van der Waals surface area contributed by atoms with Crippen molar-refractivity contribution in [2.24, 2.45) is 0 Å². The highest BCUT2D eigenvalue weighted by molar-refractivity contribution is 5.95. The van der Waals surface area contributed by atoms with Crippen molar-refractivity contribution in [2.45, 2.75) is 33.3 Å². The molecule has 0 aliphatic rings. The van der Waals surface area contributed by atoms with Crippen molar-refractivity contribution in [2.75, 3.05) is 12.3 Å². The van der Waals surface area contributed by atoms with Crippen molar-refractivity contribution >= 4 is 17.8 Å². The minimum atomic E-state index is -0.850. The molecule has 0 heterocycles. The fourth-order valence-corrected chi connectivity index (χ4v) is 1.35. The first kappa shape index (κ1) is 15.8. The van der Waals surface area contributed by atoms with Crippen LogP contribution in [0.15, 0.2) is 18.2 Å². The van der Waals surface area contributed by atoms with Crippen LogP contribution in [0.4, 0.5) is 10.5 Å². The monoisotopic (exact) mass is 281 g/mol. The topological polar surface area (TPSA) is 87.8 Å². The van der Waals surface area contributed by atoms with E-state index in [1.165, 1.54) is 18.2 Å². The van der Waals surface area contributed by atoms with Crippen molar-refractivity contribution < 1.29 is 23.8 Å². The summed E-state index contributed by atoms with van der Waals surface area (Å²) < 4.78 is 14.9. The van der Waals surface area contributed by atoms with E-state index in [0.29, 0.717) is 0 Å². The fraction of sp³-hybridized carbons (Fsp3) is 0.429. The highest BCUT2D eigenvalue weighted by Crippen LogP contribution is 2.21. The molecule has 1 aromatic carbocycles.